The van der Waals surface area contributed by atoms with Gasteiger partial charge >= 0.3 is 0 Å². The predicted octanol–water partition coefficient (Wildman–Crippen LogP) is 4.56. The summed E-state index contributed by atoms with van der Waals surface area (Å²) in [5.74, 6) is 2.31. The van der Waals surface area contributed by atoms with Gasteiger partial charge in [0.15, 0.2) is 0 Å². The van der Waals surface area contributed by atoms with Crippen molar-refractivity contribution >= 4 is 0 Å². The Morgan fingerprint density at radius 3 is 1.80 bits per heavy atom. The molecule has 2 nitrogen and oxygen atoms in total. The highest BCUT2D eigenvalue weighted by atomic mass is 15.0. The molecule has 0 radical (unpaired) electrons. The van der Waals surface area contributed by atoms with E-state index in [1.807, 2.05) is 0 Å². The van der Waals surface area contributed by atoms with Gasteiger partial charge in [-0.25, -0.2) is 0 Å². The van der Waals surface area contributed by atoms with E-state index in [0.29, 0.717) is 23.7 Å². The lowest BCUT2D eigenvalue weighted by atomic mass is 9.94. The second kappa shape index (κ2) is 9.10. The summed E-state index contributed by atoms with van der Waals surface area (Å²) < 4.78 is 0. The second-order valence-corrected chi connectivity index (χ2v) is 7.22. The van der Waals surface area contributed by atoms with Gasteiger partial charge in [0.2, 0.25) is 0 Å². The molecule has 2 N–H and O–H groups in total. The minimum Gasteiger partial charge on any atom is -0.387 e. The maximum absolute atomic E-state index is 4.23. The van der Waals surface area contributed by atoms with Gasteiger partial charge in [0, 0.05) is 17.9 Å². The molecule has 2 atom stereocenters. The molecule has 118 valence electrons. The van der Waals surface area contributed by atoms with Crippen molar-refractivity contribution in [2.24, 2.45) is 23.7 Å². The van der Waals surface area contributed by atoms with Gasteiger partial charge < -0.3 is 10.6 Å². The largest absolute Gasteiger partial charge is 0.387 e. The van der Waals surface area contributed by atoms with Crippen molar-refractivity contribution in [3.8, 4) is 0 Å². The zero-order valence-corrected chi connectivity index (χ0v) is 14.7. The van der Waals surface area contributed by atoms with Gasteiger partial charge in [-0.05, 0) is 30.1 Å². The fourth-order valence-electron chi connectivity index (χ4n) is 2.29. The molecule has 2 heteroatoms. The van der Waals surface area contributed by atoms with Crippen LogP contribution in [0.1, 0.15) is 54.9 Å². The van der Waals surface area contributed by atoms with E-state index in [0.717, 1.165) is 17.9 Å². The lowest BCUT2D eigenvalue weighted by Crippen LogP contribution is -2.41. The average Bonchev–Trinajstić information content (AvgIpc) is 2.31. The molecule has 0 aromatic rings. The Kier molecular flexibility index (Phi) is 8.68. The van der Waals surface area contributed by atoms with Crippen molar-refractivity contribution in [3.05, 3.63) is 24.6 Å². The van der Waals surface area contributed by atoms with Crippen LogP contribution in [-0.2, 0) is 0 Å². The maximum Gasteiger partial charge on any atom is 0.0673 e. The quantitative estimate of drug-likeness (QED) is 0.613. The zero-order valence-electron chi connectivity index (χ0n) is 14.7. The fraction of sp³-hybridized carbons (Fsp3) is 0.778. The lowest BCUT2D eigenvalue weighted by molar-refractivity contribution is 0.405. The number of rotatable bonds is 10. The van der Waals surface area contributed by atoms with Crippen LogP contribution < -0.4 is 10.6 Å². The first kappa shape index (κ1) is 19.1. The molecule has 1 unspecified atom stereocenters. The van der Waals surface area contributed by atoms with Crippen molar-refractivity contribution in [3.63, 3.8) is 0 Å². The topological polar surface area (TPSA) is 24.1 Å². The van der Waals surface area contributed by atoms with E-state index in [1.165, 1.54) is 6.42 Å². The summed E-state index contributed by atoms with van der Waals surface area (Å²) in [6, 6.07) is 0.246. The van der Waals surface area contributed by atoms with Crippen LogP contribution in [0.2, 0.25) is 0 Å². The molecule has 0 aliphatic rings. The highest BCUT2D eigenvalue weighted by molar-refractivity contribution is 5.11. The molecule has 0 aromatic heterocycles. The summed E-state index contributed by atoms with van der Waals surface area (Å²) >= 11 is 0. The van der Waals surface area contributed by atoms with Gasteiger partial charge in [-0.2, -0.15) is 0 Å². The zero-order chi connectivity index (χ0) is 15.9. The first-order valence-electron chi connectivity index (χ1n) is 8.03. The first-order valence-corrected chi connectivity index (χ1v) is 8.03. The Hall–Kier alpha value is -0.920. The minimum atomic E-state index is 0.246. The Bertz CT molecular complexity index is 303. The Balaban J connectivity index is 4.54. The summed E-state index contributed by atoms with van der Waals surface area (Å²) in [4.78, 5) is 0. The van der Waals surface area contributed by atoms with Gasteiger partial charge in [-0.1, -0.05) is 61.6 Å². The van der Waals surface area contributed by atoms with E-state index in [2.05, 4.69) is 72.3 Å². The van der Waals surface area contributed by atoms with Crippen LogP contribution in [0.15, 0.2) is 24.6 Å². The first-order chi connectivity index (χ1) is 9.15. The molecule has 0 rings (SSSR count). The summed E-state index contributed by atoms with van der Waals surface area (Å²) in [6.07, 6.45) is 1.17. The average molecular weight is 280 g/mol. The van der Waals surface area contributed by atoms with E-state index >= 15 is 0 Å². The molecule has 0 saturated heterocycles. The van der Waals surface area contributed by atoms with Crippen LogP contribution in [0, 0.1) is 23.7 Å². The number of allylic oxidation sites excluding steroid dienone is 1. The van der Waals surface area contributed by atoms with E-state index < -0.39 is 0 Å². The van der Waals surface area contributed by atoms with E-state index in [-0.39, 0.29) is 6.04 Å². The van der Waals surface area contributed by atoms with Gasteiger partial charge in [0.1, 0.15) is 0 Å². The van der Waals surface area contributed by atoms with Crippen LogP contribution in [0.5, 0.6) is 0 Å². The Morgan fingerprint density at radius 2 is 1.40 bits per heavy atom. The SMILES string of the molecule is C=C(N[C@H](C(=C)NCC(C)C)C(C)C)C(C)CC(C)C. The van der Waals surface area contributed by atoms with Gasteiger partial charge in [-0.3, -0.25) is 0 Å². The summed E-state index contributed by atoms with van der Waals surface area (Å²) in [6.45, 7) is 25.0. The molecule has 0 spiro atoms. The number of hydrogen-bond acceptors (Lipinski definition) is 2. The number of nitrogens with one attached hydrogen (secondary N) is 2. The third kappa shape index (κ3) is 7.62. The molecule has 0 aliphatic carbocycles. The van der Waals surface area contributed by atoms with Crippen LogP contribution in [-0.4, -0.2) is 12.6 Å². The van der Waals surface area contributed by atoms with Crippen molar-refractivity contribution in [2.45, 2.75) is 60.9 Å². The lowest BCUT2D eigenvalue weighted by Gasteiger charge is -2.30. The highest BCUT2D eigenvalue weighted by Crippen LogP contribution is 2.19. The van der Waals surface area contributed by atoms with Crippen LogP contribution in [0.25, 0.3) is 0 Å². The maximum atomic E-state index is 4.23. The molecule has 0 bridgehead atoms. The summed E-state index contributed by atoms with van der Waals surface area (Å²) in [5.41, 5.74) is 2.21. The molecule has 0 fully saturated rings. The monoisotopic (exact) mass is 280 g/mol. The van der Waals surface area contributed by atoms with Crippen LogP contribution in [0.3, 0.4) is 0 Å². The molecular weight excluding hydrogens is 244 g/mol. The third-order valence-corrected chi connectivity index (χ3v) is 3.54. The molecular formula is C18H36N2. The summed E-state index contributed by atoms with van der Waals surface area (Å²) in [5, 5.41) is 7.04. The smallest absolute Gasteiger partial charge is 0.0673 e. The molecule has 0 aromatic carbocycles. The Morgan fingerprint density at radius 1 is 0.850 bits per heavy atom. The molecule has 0 heterocycles. The predicted molar refractivity (Wildman–Crippen MR) is 91.5 cm³/mol. The van der Waals surface area contributed by atoms with Gasteiger partial charge in [0.25, 0.3) is 0 Å². The molecule has 20 heavy (non-hydrogen) atoms. The summed E-state index contributed by atoms with van der Waals surface area (Å²) in [7, 11) is 0. The van der Waals surface area contributed by atoms with Crippen molar-refractivity contribution < 1.29 is 0 Å². The molecule has 0 saturated carbocycles. The highest BCUT2D eigenvalue weighted by Gasteiger charge is 2.19. The molecule has 0 aliphatic heterocycles. The van der Waals surface area contributed by atoms with Gasteiger partial charge in [-0.15, -0.1) is 0 Å². The van der Waals surface area contributed by atoms with Crippen molar-refractivity contribution in [2.75, 3.05) is 6.54 Å². The number of hydrogen-bond donors (Lipinski definition) is 2. The normalized spacial score (nSPS) is 14.5. The van der Waals surface area contributed by atoms with Crippen LogP contribution >= 0.6 is 0 Å². The molecule has 0 amide bonds. The Labute approximate surface area is 127 Å². The van der Waals surface area contributed by atoms with E-state index in [4.69, 9.17) is 0 Å². The standard InChI is InChI=1S/C18H36N2/c1-12(2)10-15(7)16(8)20-18(14(5)6)17(9)19-11-13(3)4/h12-15,18-20H,8-11H2,1-7H3/t15?,18-/m0/s1. The van der Waals surface area contributed by atoms with Crippen molar-refractivity contribution in [1.82, 2.24) is 10.6 Å². The third-order valence-electron chi connectivity index (χ3n) is 3.54. The van der Waals surface area contributed by atoms with Crippen LogP contribution in [0.4, 0.5) is 0 Å². The fourth-order valence-corrected chi connectivity index (χ4v) is 2.29. The second-order valence-electron chi connectivity index (χ2n) is 7.22. The van der Waals surface area contributed by atoms with E-state index in [9.17, 15) is 0 Å². The minimum absolute atomic E-state index is 0.246. The van der Waals surface area contributed by atoms with Gasteiger partial charge in [0.05, 0.1) is 6.04 Å². The van der Waals surface area contributed by atoms with E-state index in [1.54, 1.807) is 0 Å². The van der Waals surface area contributed by atoms with Crippen molar-refractivity contribution in [1.29, 1.82) is 0 Å².